The summed E-state index contributed by atoms with van der Waals surface area (Å²) in [6.07, 6.45) is 3.57. The lowest BCUT2D eigenvalue weighted by Gasteiger charge is -2.14. The Hall–Kier alpha value is -3.25. The van der Waals surface area contributed by atoms with Gasteiger partial charge < -0.3 is 26.4 Å². The molecular formula is C24H25IN6O3. The summed E-state index contributed by atoms with van der Waals surface area (Å²) in [5.41, 5.74) is 2.65. The smallest absolute Gasteiger partial charge is 0.251 e. The molecule has 0 radical (unpaired) electrons. The van der Waals surface area contributed by atoms with Gasteiger partial charge in [-0.1, -0.05) is 12.1 Å². The molecule has 0 saturated heterocycles. The van der Waals surface area contributed by atoms with E-state index in [4.69, 9.17) is 5.11 Å². The number of hydrogen-bond acceptors (Lipinski definition) is 7. The lowest BCUT2D eigenvalue weighted by atomic mass is 10.2. The number of nitrogens with one attached hydrogen (secondary N) is 4. The number of nitrogens with zero attached hydrogens (tertiary/aromatic N) is 2. The van der Waals surface area contributed by atoms with E-state index in [2.05, 4.69) is 53.8 Å². The summed E-state index contributed by atoms with van der Waals surface area (Å²) >= 11 is 2.15. The van der Waals surface area contributed by atoms with Crippen LogP contribution in [0.5, 0.6) is 0 Å². The number of aliphatic hydroxyl groups excluding tert-OH is 1. The number of aromatic nitrogens is 2. The van der Waals surface area contributed by atoms with Crippen LogP contribution in [0.1, 0.15) is 30.1 Å². The maximum atomic E-state index is 12.2. The number of carbonyl (C=O) groups excluding carboxylic acids is 2. The predicted molar refractivity (Wildman–Crippen MR) is 140 cm³/mol. The molecule has 3 aromatic rings. The minimum Gasteiger partial charge on any atom is -0.394 e. The molecule has 2 amide bonds. The molecule has 176 valence electrons. The third kappa shape index (κ3) is 6.20. The quantitative estimate of drug-likeness (QED) is 0.245. The predicted octanol–water partition coefficient (Wildman–Crippen LogP) is 4.03. The average Bonchev–Trinajstić information content (AvgIpc) is 3.68. The van der Waals surface area contributed by atoms with Gasteiger partial charge in [0.1, 0.15) is 5.82 Å². The molecule has 0 aliphatic heterocycles. The minimum absolute atomic E-state index is 0.0388. The molecule has 1 aliphatic carbocycles. The second-order valence-electron chi connectivity index (χ2n) is 8.08. The van der Waals surface area contributed by atoms with Gasteiger partial charge in [-0.2, -0.15) is 4.98 Å². The number of para-hydroxylation sites is 2. The number of amides is 2. The number of hydrogen-bond donors (Lipinski definition) is 5. The summed E-state index contributed by atoms with van der Waals surface area (Å²) in [7, 11) is 0. The van der Waals surface area contributed by atoms with Crippen molar-refractivity contribution in [3.63, 3.8) is 0 Å². The highest BCUT2D eigenvalue weighted by Gasteiger charge is 2.30. The number of rotatable bonds is 9. The molecule has 1 unspecified atom stereocenters. The van der Waals surface area contributed by atoms with Crippen LogP contribution in [0.4, 0.5) is 28.8 Å². The first kappa shape index (κ1) is 23.9. The lowest BCUT2D eigenvalue weighted by molar-refractivity contribution is -0.117. The molecule has 4 rings (SSSR count). The normalized spacial score (nSPS) is 13.6. The third-order valence-electron chi connectivity index (χ3n) is 5.18. The van der Waals surface area contributed by atoms with E-state index in [0.717, 1.165) is 27.8 Å². The van der Waals surface area contributed by atoms with E-state index in [1.165, 1.54) is 0 Å². The lowest BCUT2D eigenvalue weighted by Crippen LogP contribution is -2.34. The number of halogens is 1. The van der Waals surface area contributed by atoms with E-state index in [1.54, 1.807) is 37.4 Å². The second kappa shape index (κ2) is 10.8. The molecule has 9 nitrogen and oxygen atoms in total. The van der Waals surface area contributed by atoms with Gasteiger partial charge in [0.15, 0.2) is 0 Å². The van der Waals surface area contributed by atoms with Crippen molar-refractivity contribution in [1.29, 1.82) is 0 Å². The zero-order valence-corrected chi connectivity index (χ0v) is 20.7. The summed E-state index contributed by atoms with van der Waals surface area (Å²) in [5, 5.41) is 21.2. The molecule has 1 heterocycles. The Kier molecular flexibility index (Phi) is 7.58. The van der Waals surface area contributed by atoms with Gasteiger partial charge in [-0.3, -0.25) is 9.59 Å². The zero-order chi connectivity index (χ0) is 24.1. The van der Waals surface area contributed by atoms with Crippen molar-refractivity contribution in [3.8, 4) is 0 Å². The van der Waals surface area contributed by atoms with Crippen molar-refractivity contribution in [3.05, 3.63) is 63.9 Å². The van der Waals surface area contributed by atoms with Gasteiger partial charge in [-0.15, -0.1) is 0 Å². The Bertz CT molecular complexity index is 1180. The Balaban J connectivity index is 1.46. The largest absolute Gasteiger partial charge is 0.394 e. The molecule has 10 heteroatoms. The number of benzene rings is 2. The summed E-state index contributed by atoms with van der Waals surface area (Å²) in [6, 6.07) is 14.1. The second-order valence-corrected chi connectivity index (χ2v) is 9.25. The maximum Gasteiger partial charge on any atom is 0.251 e. The molecule has 2 aromatic carbocycles. The van der Waals surface area contributed by atoms with Crippen LogP contribution in [0, 0.1) is 9.49 Å². The molecular weight excluding hydrogens is 547 g/mol. The van der Waals surface area contributed by atoms with Crippen molar-refractivity contribution in [2.45, 2.75) is 25.8 Å². The summed E-state index contributed by atoms with van der Waals surface area (Å²) in [4.78, 5) is 33.3. The molecule has 1 saturated carbocycles. The Labute approximate surface area is 210 Å². The highest BCUT2D eigenvalue weighted by atomic mass is 127. The van der Waals surface area contributed by atoms with Crippen LogP contribution in [0.25, 0.3) is 0 Å². The van der Waals surface area contributed by atoms with E-state index in [9.17, 15) is 9.59 Å². The number of anilines is 5. The molecule has 1 aromatic heterocycles. The molecule has 1 fully saturated rings. The van der Waals surface area contributed by atoms with Crippen LogP contribution in [-0.2, 0) is 4.79 Å². The van der Waals surface area contributed by atoms with Gasteiger partial charge >= 0.3 is 0 Å². The van der Waals surface area contributed by atoms with Crippen molar-refractivity contribution in [2.75, 3.05) is 22.6 Å². The first-order chi connectivity index (χ1) is 16.4. The number of carbonyl (C=O) groups is 2. The van der Waals surface area contributed by atoms with Crippen LogP contribution in [0.15, 0.2) is 54.7 Å². The standard InChI is InChI=1S/C24H25IN6O3/c1-14(13-32)27-22(33)16-8-10-17(11-9-16)28-24-26-12-18(25)21(31-24)29-19-4-2-3-5-20(19)30-23(34)15-6-7-15/h2-5,8-12,14-15,32H,6-7,13H2,1H3,(H,27,33)(H,30,34)(H2,26,28,29,31). The molecule has 0 spiro atoms. The molecule has 34 heavy (non-hydrogen) atoms. The van der Waals surface area contributed by atoms with Gasteiger partial charge in [0.05, 0.1) is 21.6 Å². The van der Waals surface area contributed by atoms with E-state index in [-0.39, 0.29) is 30.4 Å². The van der Waals surface area contributed by atoms with Crippen LogP contribution < -0.4 is 21.3 Å². The van der Waals surface area contributed by atoms with Crippen molar-refractivity contribution >= 4 is 63.2 Å². The Morgan fingerprint density at radius 3 is 2.47 bits per heavy atom. The first-order valence-electron chi connectivity index (χ1n) is 10.9. The van der Waals surface area contributed by atoms with Gasteiger partial charge in [0, 0.05) is 29.4 Å². The maximum absolute atomic E-state index is 12.2. The van der Waals surface area contributed by atoms with Crippen molar-refractivity contribution < 1.29 is 14.7 Å². The fourth-order valence-electron chi connectivity index (χ4n) is 3.11. The molecule has 1 atom stereocenters. The average molecular weight is 572 g/mol. The summed E-state index contributed by atoms with van der Waals surface area (Å²) in [6.45, 7) is 1.61. The SMILES string of the molecule is CC(CO)NC(=O)c1ccc(Nc2ncc(I)c(Nc3ccccc3NC(=O)C3CC3)n2)cc1. The fraction of sp³-hybridized carbons (Fsp3) is 0.250. The van der Waals surface area contributed by atoms with Crippen LogP contribution in [0.2, 0.25) is 0 Å². The highest BCUT2D eigenvalue weighted by molar-refractivity contribution is 14.1. The van der Waals surface area contributed by atoms with E-state index < -0.39 is 0 Å². The van der Waals surface area contributed by atoms with Crippen LogP contribution in [-0.4, -0.2) is 39.5 Å². The van der Waals surface area contributed by atoms with Crippen LogP contribution >= 0.6 is 22.6 Å². The van der Waals surface area contributed by atoms with E-state index in [0.29, 0.717) is 23.0 Å². The molecule has 5 N–H and O–H groups in total. The minimum atomic E-state index is -0.316. The van der Waals surface area contributed by atoms with Crippen molar-refractivity contribution in [1.82, 2.24) is 15.3 Å². The van der Waals surface area contributed by atoms with Gasteiger partial charge in [0.25, 0.3) is 5.91 Å². The zero-order valence-electron chi connectivity index (χ0n) is 18.5. The monoisotopic (exact) mass is 572 g/mol. The molecule has 1 aliphatic rings. The van der Waals surface area contributed by atoms with E-state index in [1.807, 2.05) is 24.3 Å². The van der Waals surface area contributed by atoms with E-state index >= 15 is 0 Å². The topological polar surface area (TPSA) is 128 Å². The number of aliphatic hydroxyl groups is 1. The fourth-order valence-corrected chi connectivity index (χ4v) is 3.51. The van der Waals surface area contributed by atoms with Gasteiger partial charge in [-0.05, 0) is 78.8 Å². The third-order valence-corrected chi connectivity index (χ3v) is 5.97. The van der Waals surface area contributed by atoms with Gasteiger partial charge in [0.2, 0.25) is 11.9 Å². The highest BCUT2D eigenvalue weighted by Crippen LogP contribution is 2.33. The van der Waals surface area contributed by atoms with Crippen LogP contribution in [0.3, 0.4) is 0 Å². The summed E-state index contributed by atoms with van der Waals surface area (Å²) in [5.74, 6) is 0.877. The van der Waals surface area contributed by atoms with Gasteiger partial charge in [-0.25, -0.2) is 4.98 Å². The Morgan fingerprint density at radius 1 is 1.09 bits per heavy atom. The van der Waals surface area contributed by atoms with Crippen molar-refractivity contribution in [2.24, 2.45) is 5.92 Å². The Morgan fingerprint density at radius 2 is 1.79 bits per heavy atom. The summed E-state index contributed by atoms with van der Waals surface area (Å²) < 4.78 is 0.816. The molecule has 0 bridgehead atoms. The first-order valence-corrected chi connectivity index (χ1v) is 12.0.